The van der Waals surface area contributed by atoms with Gasteiger partial charge in [-0.3, -0.25) is 4.79 Å². The second-order valence-electron chi connectivity index (χ2n) is 8.96. The molecule has 0 aliphatic carbocycles. The van der Waals surface area contributed by atoms with E-state index < -0.39 is 0 Å². The van der Waals surface area contributed by atoms with Gasteiger partial charge in [-0.05, 0) is 85.2 Å². The van der Waals surface area contributed by atoms with Crippen LogP contribution in [-0.4, -0.2) is 42.4 Å². The number of thiocarbonyl (C=S) groups is 1. The summed E-state index contributed by atoms with van der Waals surface area (Å²) in [5, 5.41) is 4.66. The van der Waals surface area contributed by atoms with Crippen molar-refractivity contribution in [3.8, 4) is 17.2 Å². The Kier molecular flexibility index (Phi) is 9.38. The molecule has 4 rings (SSSR count). The second kappa shape index (κ2) is 13.1. The van der Waals surface area contributed by atoms with Crippen LogP contribution in [-0.2, 0) is 19.5 Å². The van der Waals surface area contributed by atoms with Crippen LogP contribution in [0.25, 0.3) is 10.9 Å². The average Bonchev–Trinajstić information content (AvgIpc) is 2.94. The van der Waals surface area contributed by atoms with Crippen molar-refractivity contribution < 1.29 is 18.6 Å². The van der Waals surface area contributed by atoms with Crippen molar-refractivity contribution in [2.45, 2.75) is 26.4 Å². The van der Waals surface area contributed by atoms with Crippen LogP contribution in [0.1, 0.15) is 23.6 Å². The number of nitrogens with zero attached hydrogens (tertiary/aromatic N) is 1. The molecule has 0 aliphatic rings. The Morgan fingerprint density at radius 1 is 0.949 bits per heavy atom. The predicted octanol–water partition coefficient (Wildman–Crippen LogP) is 5.20. The van der Waals surface area contributed by atoms with Gasteiger partial charge in [-0.2, -0.15) is 0 Å². The number of hydrogen-bond donors (Lipinski definition) is 2. The van der Waals surface area contributed by atoms with Crippen LogP contribution in [0.15, 0.2) is 71.5 Å². The third-order valence-electron chi connectivity index (χ3n) is 6.28. The molecule has 0 bridgehead atoms. The highest BCUT2D eigenvalue weighted by molar-refractivity contribution is 7.80. The summed E-state index contributed by atoms with van der Waals surface area (Å²) in [6, 6.07) is 19.5. The van der Waals surface area contributed by atoms with E-state index >= 15 is 0 Å². The number of aromatic nitrogens is 1. The summed E-state index contributed by atoms with van der Waals surface area (Å²) in [5.41, 5.74) is 3.03. The molecule has 4 aromatic rings. The minimum Gasteiger partial charge on any atom is -0.494 e. The zero-order chi connectivity index (χ0) is 27.8. The number of hydrogen-bond acceptors (Lipinski definition) is 5. The van der Waals surface area contributed by atoms with Crippen molar-refractivity contribution >= 4 is 28.2 Å². The molecule has 1 aromatic heterocycles. The zero-order valence-corrected chi connectivity index (χ0v) is 23.1. The monoisotopic (exact) mass is 549 g/mol. The minimum absolute atomic E-state index is 0.191. The molecule has 0 amide bonds. The Morgan fingerprint density at radius 3 is 2.41 bits per heavy atom. The van der Waals surface area contributed by atoms with Crippen molar-refractivity contribution in [1.29, 1.82) is 0 Å². The Hall–Kier alpha value is -4.11. The molecule has 9 heteroatoms. The summed E-state index contributed by atoms with van der Waals surface area (Å²) in [6.45, 7) is 3.72. The van der Waals surface area contributed by atoms with Gasteiger partial charge in [-0.25, -0.2) is 4.39 Å². The molecule has 0 atom stereocenters. The number of nitrogens with one attached hydrogen (secondary N) is 2. The number of pyridine rings is 1. The van der Waals surface area contributed by atoms with Gasteiger partial charge in [0.2, 0.25) is 0 Å². The predicted molar refractivity (Wildman–Crippen MR) is 155 cm³/mol. The zero-order valence-electron chi connectivity index (χ0n) is 22.3. The van der Waals surface area contributed by atoms with E-state index in [2.05, 4.69) is 10.3 Å². The molecule has 2 N–H and O–H groups in total. The lowest BCUT2D eigenvalue weighted by Gasteiger charge is -2.26. The van der Waals surface area contributed by atoms with Gasteiger partial charge in [0.25, 0.3) is 5.56 Å². The van der Waals surface area contributed by atoms with Crippen molar-refractivity contribution in [2.24, 2.45) is 0 Å². The first kappa shape index (κ1) is 27.9. The number of ether oxygens (including phenoxy) is 3. The van der Waals surface area contributed by atoms with Gasteiger partial charge in [0.1, 0.15) is 11.6 Å². The van der Waals surface area contributed by atoms with Gasteiger partial charge in [-0.1, -0.05) is 18.2 Å². The molecule has 39 heavy (non-hydrogen) atoms. The van der Waals surface area contributed by atoms with E-state index in [0.29, 0.717) is 48.3 Å². The van der Waals surface area contributed by atoms with Crippen LogP contribution < -0.4 is 25.1 Å². The fraction of sp³-hybridized carbons (Fsp3) is 0.267. The molecular weight excluding hydrogens is 517 g/mol. The highest BCUT2D eigenvalue weighted by Crippen LogP contribution is 2.27. The Morgan fingerprint density at radius 2 is 1.69 bits per heavy atom. The highest BCUT2D eigenvalue weighted by Gasteiger charge is 2.15. The lowest BCUT2D eigenvalue weighted by molar-refractivity contribution is 0.340. The van der Waals surface area contributed by atoms with E-state index in [1.807, 2.05) is 54.3 Å². The molecule has 1 heterocycles. The van der Waals surface area contributed by atoms with Crippen molar-refractivity contribution in [3.05, 3.63) is 99.6 Å². The summed E-state index contributed by atoms with van der Waals surface area (Å²) < 4.78 is 29.9. The van der Waals surface area contributed by atoms with Crippen LogP contribution >= 0.6 is 12.2 Å². The van der Waals surface area contributed by atoms with Crippen LogP contribution in [0.5, 0.6) is 17.2 Å². The maximum absolute atomic E-state index is 13.5. The van der Waals surface area contributed by atoms with Gasteiger partial charge in [0.05, 0.1) is 27.4 Å². The SMILES string of the molecule is CCOc1ccc2[nH]c(=O)c(CN(Cc3ccc(F)cc3)C(=S)NCCc3ccc(OC)c(OC)c3)cc2c1. The normalized spacial score (nSPS) is 10.8. The molecule has 0 unspecified atom stereocenters. The van der Waals surface area contributed by atoms with Crippen molar-refractivity contribution in [2.75, 3.05) is 27.4 Å². The third-order valence-corrected chi connectivity index (χ3v) is 6.68. The maximum atomic E-state index is 13.5. The minimum atomic E-state index is -0.308. The molecule has 0 spiro atoms. The number of rotatable bonds is 11. The largest absolute Gasteiger partial charge is 0.494 e. The second-order valence-corrected chi connectivity index (χ2v) is 9.35. The molecule has 3 aromatic carbocycles. The van der Waals surface area contributed by atoms with E-state index in [0.717, 1.165) is 27.8 Å². The van der Waals surface area contributed by atoms with Crippen LogP contribution in [0.2, 0.25) is 0 Å². The Balaban J connectivity index is 1.53. The molecule has 0 radical (unpaired) electrons. The molecule has 0 fully saturated rings. The maximum Gasteiger partial charge on any atom is 0.253 e. The third kappa shape index (κ3) is 7.26. The standard InChI is InChI=1S/C30H32FN3O4S/c1-4-38-25-10-11-26-22(17-25)16-23(29(35)33-26)19-34(18-21-5-8-24(31)9-6-21)30(39)32-14-13-20-7-12-27(36-2)28(15-20)37-3/h5-12,15-17H,4,13-14,18-19H2,1-3H3,(H,32,39)(H,33,35). The Bertz CT molecular complexity index is 1490. The number of benzene rings is 3. The number of H-pyrrole nitrogens is 1. The fourth-order valence-corrected chi connectivity index (χ4v) is 4.51. The molecule has 0 saturated carbocycles. The highest BCUT2D eigenvalue weighted by atomic mass is 32.1. The number of methoxy groups -OCH3 is 2. The first-order valence-electron chi connectivity index (χ1n) is 12.7. The Labute approximate surface area is 232 Å². The van der Waals surface area contributed by atoms with Crippen LogP contribution in [0.4, 0.5) is 4.39 Å². The van der Waals surface area contributed by atoms with E-state index in [9.17, 15) is 9.18 Å². The fourth-order valence-electron chi connectivity index (χ4n) is 4.28. The van der Waals surface area contributed by atoms with Crippen LogP contribution in [0.3, 0.4) is 0 Å². The first-order chi connectivity index (χ1) is 18.9. The molecule has 0 aliphatic heterocycles. The molecular formula is C30H32FN3O4S. The lowest BCUT2D eigenvalue weighted by Crippen LogP contribution is -2.40. The number of fused-ring (bicyclic) bond motifs is 1. The summed E-state index contributed by atoms with van der Waals surface area (Å²) >= 11 is 5.76. The van der Waals surface area contributed by atoms with Gasteiger partial charge in [0, 0.05) is 29.6 Å². The molecule has 0 saturated heterocycles. The summed E-state index contributed by atoms with van der Waals surface area (Å²) in [5.74, 6) is 1.76. The topological polar surface area (TPSA) is 75.8 Å². The first-order valence-corrected chi connectivity index (χ1v) is 13.1. The van der Waals surface area contributed by atoms with Crippen molar-refractivity contribution in [3.63, 3.8) is 0 Å². The van der Waals surface area contributed by atoms with Gasteiger partial charge in [0.15, 0.2) is 16.6 Å². The summed E-state index contributed by atoms with van der Waals surface area (Å²) in [7, 11) is 3.21. The smallest absolute Gasteiger partial charge is 0.253 e. The van der Waals surface area contributed by atoms with Gasteiger partial charge in [-0.15, -0.1) is 0 Å². The number of halogens is 1. The van der Waals surface area contributed by atoms with Gasteiger partial charge >= 0.3 is 0 Å². The molecule has 204 valence electrons. The summed E-state index contributed by atoms with van der Waals surface area (Å²) in [6.07, 6.45) is 0.696. The van der Waals surface area contributed by atoms with E-state index in [4.69, 9.17) is 26.4 Å². The van der Waals surface area contributed by atoms with E-state index in [1.54, 1.807) is 26.4 Å². The summed E-state index contributed by atoms with van der Waals surface area (Å²) in [4.78, 5) is 17.8. The van der Waals surface area contributed by atoms with E-state index in [1.165, 1.54) is 12.1 Å². The lowest BCUT2D eigenvalue weighted by atomic mass is 10.1. The average molecular weight is 550 g/mol. The van der Waals surface area contributed by atoms with Gasteiger partial charge < -0.3 is 29.4 Å². The quantitative estimate of drug-likeness (QED) is 0.249. The molecule has 7 nitrogen and oxygen atoms in total. The van der Waals surface area contributed by atoms with E-state index in [-0.39, 0.29) is 17.9 Å². The number of aromatic amines is 1. The van der Waals surface area contributed by atoms with Crippen molar-refractivity contribution in [1.82, 2.24) is 15.2 Å². The van der Waals surface area contributed by atoms with Crippen LogP contribution in [0, 0.1) is 5.82 Å².